The molecule has 0 aliphatic rings. The number of aromatic hydroxyl groups is 1. The molecule has 0 saturated heterocycles. The van der Waals surface area contributed by atoms with Crippen LogP contribution in [0.15, 0.2) is 12.1 Å². The van der Waals surface area contributed by atoms with Crippen LogP contribution in [-0.2, 0) is 9.53 Å². The molecule has 0 aromatic carbocycles. The Morgan fingerprint density at radius 1 is 1.62 bits per heavy atom. The number of hydrogen-bond acceptors (Lipinski definition) is 6. The summed E-state index contributed by atoms with van der Waals surface area (Å²) in [5, 5.41) is 19.5. The number of carbonyl (C=O) groups is 1. The molecule has 0 unspecified atom stereocenters. The topological polar surface area (TPSA) is 103 Å². The molecule has 1 aromatic rings. The van der Waals surface area contributed by atoms with Crippen LogP contribution in [0.3, 0.4) is 0 Å². The molecular weight excluding hydrogens is 216 g/mol. The molecular formula is C9H6N2O5. The zero-order valence-electron chi connectivity index (χ0n) is 8.13. The fraction of sp³-hybridized carbons (Fsp3) is 0.111. The Kier molecular flexibility index (Phi) is 3.40. The summed E-state index contributed by atoms with van der Waals surface area (Å²) in [6.45, 7) is 0. The van der Waals surface area contributed by atoms with Crippen molar-refractivity contribution >= 4 is 11.8 Å². The van der Waals surface area contributed by atoms with E-state index in [9.17, 15) is 14.9 Å². The molecule has 0 aliphatic carbocycles. The standard InChI is InChI=1S/C9H6N2O5/c1-16-8(13)5-3-6-2-4-7(12)9(10-6)11(14)15/h2,4,12H,1H3. The molecule has 7 nitrogen and oxygen atoms in total. The van der Waals surface area contributed by atoms with Gasteiger partial charge in [0.25, 0.3) is 0 Å². The Balaban J connectivity index is 3.07. The van der Waals surface area contributed by atoms with Gasteiger partial charge >= 0.3 is 11.8 Å². The summed E-state index contributed by atoms with van der Waals surface area (Å²) >= 11 is 0. The number of nitrogens with zero attached hydrogens (tertiary/aromatic N) is 2. The van der Waals surface area contributed by atoms with Gasteiger partial charge in [0.05, 0.1) is 7.11 Å². The second kappa shape index (κ2) is 4.75. The summed E-state index contributed by atoms with van der Waals surface area (Å²) in [5.41, 5.74) is -0.00472. The van der Waals surface area contributed by atoms with E-state index in [2.05, 4.69) is 21.6 Å². The number of ether oxygens (including phenoxy) is 1. The molecule has 82 valence electrons. The third-order valence-electron chi connectivity index (χ3n) is 1.51. The predicted molar refractivity (Wildman–Crippen MR) is 51.5 cm³/mol. The smallest absolute Gasteiger partial charge is 0.407 e. The molecule has 0 radical (unpaired) electrons. The predicted octanol–water partition coefficient (Wildman–Crippen LogP) is 0.220. The van der Waals surface area contributed by atoms with Gasteiger partial charge in [0.1, 0.15) is 0 Å². The van der Waals surface area contributed by atoms with E-state index in [0.29, 0.717) is 0 Å². The quantitative estimate of drug-likeness (QED) is 0.315. The summed E-state index contributed by atoms with van der Waals surface area (Å²) < 4.78 is 4.25. The highest BCUT2D eigenvalue weighted by atomic mass is 16.6. The van der Waals surface area contributed by atoms with E-state index >= 15 is 0 Å². The number of methoxy groups -OCH3 is 1. The van der Waals surface area contributed by atoms with Gasteiger partial charge in [-0.25, -0.2) is 4.79 Å². The zero-order chi connectivity index (χ0) is 12.1. The molecule has 16 heavy (non-hydrogen) atoms. The van der Waals surface area contributed by atoms with Gasteiger partial charge in [0.15, 0.2) is 0 Å². The van der Waals surface area contributed by atoms with Crippen LogP contribution in [0.4, 0.5) is 5.82 Å². The van der Waals surface area contributed by atoms with Crippen molar-refractivity contribution in [3.05, 3.63) is 27.9 Å². The largest absolute Gasteiger partial charge is 0.501 e. The second-order valence-corrected chi connectivity index (χ2v) is 2.54. The van der Waals surface area contributed by atoms with Gasteiger partial charge in [-0.3, -0.25) is 0 Å². The van der Waals surface area contributed by atoms with Gasteiger partial charge in [0, 0.05) is 12.0 Å². The Labute approximate surface area is 89.8 Å². The minimum Gasteiger partial charge on any atom is -0.501 e. The van der Waals surface area contributed by atoms with Gasteiger partial charge in [-0.1, -0.05) is 0 Å². The van der Waals surface area contributed by atoms with E-state index in [0.717, 1.165) is 13.2 Å². The minimum atomic E-state index is -0.849. The summed E-state index contributed by atoms with van der Waals surface area (Å²) in [4.78, 5) is 23.7. The zero-order valence-corrected chi connectivity index (χ0v) is 8.13. The number of rotatable bonds is 1. The van der Waals surface area contributed by atoms with Crippen LogP contribution in [0.5, 0.6) is 5.75 Å². The maximum atomic E-state index is 10.7. The van der Waals surface area contributed by atoms with Crippen molar-refractivity contribution in [2.75, 3.05) is 7.11 Å². The molecule has 7 heteroatoms. The molecule has 0 bridgehead atoms. The van der Waals surface area contributed by atoms with Crippen LogP contribution >= 0.6 is 0 Å². The SMILES string of the molecule is COC(=O)C#Cc1ccc(O)c([N+](=O)[O-])n1. The van der Waals surface area contributed by atoms with Crippen molar-refractivity contribution in [3.63, 3.8) is 0 Å². The van der Waals surface area contributed by atoms with Gasteiger partial charge in [-0.05, 0) is 21.9 Å². The maximum Gasteiger partial charge on any atom is 0.407 e. The lowest BCUT2D eigenvalue weighted by molar-refractivity contribution is -0.390. The van der Waals surface area contributed by atoms with Crippen LogP contribution in [0, 0.1) is 22.0 Å². The van der Waals surface area contributed by atoms with E-state index in [1.165, 1.54) is 6.07 Å². The van der Waals surface area contributed by atoms with Crippen LogP contribution in [0.2, 0.25) is 0 Å². The number of carbonyl (C=O) groups excluding carboxylic acids is 1. The summed E-state index contributed by atoms with van der Waals surface area (Å²) in [7, 11) is 1.16. The normalized spacial score (nSPS) is 8.81. The number of esters is 1. The van der Waals surface area contributed by atoms with Gasteiger partial charge in [0.2, 0.25) is 11.4 Å². The molecule has 1 N–H and O–H groups in total. The Bertz CT molecular complexity index is 500. The highest BCUT2D eigenvalue weighted by molar-refractivity contribution is 5.88. The molecule has 1 heterocycles. The molecule has 0 spiro atoms. The number of hydrogen-bond donors (Lipinski definition) is 1. The first kappa shape index (κ1) is 11.5. The van der Waals surface area contributed by atoms with Crippen LogP contribution in [0.25, 0.3) is 0 Å². The molecule has 0 aliphatic heterocycles. The highest BCUT2D eigenvalue weighted by Crippen LogP contribution is 2.21. The van der Waals surface area contributed by atoms with Crippen LogP contribution in [-0.4, -0.2) is 28.1 Å². The first-order valence-electron chi connectivity index (χ1n) is 3.99. The summed E-state index contributed by atoms with van der Waals surface area (Å²) in [5.74, 6) is 2.27. The van der Waals surface area contributed by atoms with Crippen molar-refractivity contribution in [2.45, 2.75) is 0 Å². The van der Waals surface area contributed by atoms with Gasteiger partial charge < -0.3 is 20.0 Å². The van der Waals surface area contributed by atoms with Crippen molar-refractivity contribution in [1.82, 2.24) is 4.98 Å². The van der Waals surface area contributed by atoms with E-state index in [-0.39, 0.29) is 5.69 Å². The van der Waals surface area contributed by atoms with E-state index in [1.807, 2.05) is 0 Å². The third-order valence-corrected chi connectivity index (χ3v) is 1.51. The lowest BCUT2D eigenvalue weighted by Crippen LogP contribution is -1.97. The van der Waals surface area contributed by atoms with Gasteiger partial charge in [-0.15, -0.1) is 0 Å². The number of aromatic nitrogens is 1. The first-order valence-corrected chi connectivity index (χ1v) is 3.99. The van der Waals surface area contributed by atoms with Gasteiger partial charge in [-0.2, -0.15) is 0 Å². The Hall–Kier alpha value is -2.62. The van der Waals surface area contributed by atoms with E-state index in [1.54, 1.807) is 0 Å². The average Bonchev–Trinajstić information content (AvgIpc) is 2.27. The summed E-state index contributed by atoms with van der Waals surface area (Å²) in [6.07, 6.45) is 0. The van der Waals surface area contributed by atoms with E-state index < -0.39 is 22.5 Å². The van der Waals surface area contributed by atoms with Crippen LogP contribution < -0.4 is 0 Å². The molecule has 1 aromatic heterocycles. The summed E-state index contributed by atoms with van der Waals surface area (Å²) in [6, 6.07) is 2.32. The lowest BCUT2D eigenvalue weighted by atomic mass is 10.3. The second-order valence-electron chi connectivity index (χ2n) is 2.54. The average molecular weight is 222 g/mol. The molecule has 1 rings (SSSR count). The molecule has 0 amide bonds. The minimum absolute atomic E-state index is 0.00472. The molecule has 0 saturated carbocycles. The number of nitro groups is 1. The highest BCUT2D eigenvalue weighted by Gasteiger charge is 2.15. The van der Waals surface area contributed by atoms with E-state index in [4.69, 9.17) is 5.11 Å². The maximum absolute atomic E-state index is 10.7. The fourth-order valence-corrected chi connectivity index (χ4v) is 0.811. The first-order chi connectivity index (χ1) is 7.54. The Morgan fingerprint density at radius 3 is 2.88 bits per heavy atom. The van der Waals surface area contributed by atoms with Crippen molar-refractivity contribution < 1.29 is 19.6 Å². The van der Waals surface area contributed by atoms with Crippen LogP contribution in [0.1, 0.15) is 5.69 Å². The lowest BCUT2D eigenvalue weighted by Gasteiger charge is -1.94. The number of pyridine rings is 1. The fourth-order valence-electron chi connectivity index (χ4n) is 0.811. The van der Waals surface area contributed by atoms with Crippen molar-refractivity contribution in [3.8, 4) is 17.6 Å². The molecule has 0 fully saturated rings. The van der Waals surface area contributed by atoms with Crippen molar-refractivity contribution in [1.29, 1.82) is 0 Å². The Morgan fingerprint density at radius 2 is 2.31 bits per heavy atom. The third kappa shape index (κ3) is 2.68. The monoisotopic (exact) mass is 222 g/mol. The molecule has 0 atom stereocenters. The van der Waals surface area contributed by atoms with Crippen molar-refractivity contribution in [2.24, 2.45) is 0 Å².